The van der Waals surface area contributed by atoms with Crippen LogP contribution in [0.1, 0.15) is 22.3 Å². The number of methoxy groups -OCH3 is 1. The SMILES string of the molecule is COC(=O)/C(=C/c1ccc(N(C)C)cc1)CC(=O)c1ccccc1. The number of ether oxygens (including phenoxy) is 1. The first-order valence-corrected chi connectivity index (χ1v) is 7.66. The Hall–Kier alpha value is -2.88. The van der Waals surface area contributed by atoms with Crippen molar-refractivity contribution in [3.63, 3.8) is 0 Å². The van der Waals surface area contributed by atoms with Crippen LogP contribution < -0.4 is 4.90 Å². The lowest BCUT2D eigenvalue weighted by Crippen LogP contribution is -2.10. The van der Waals surface area contributed by atoms with Gasteiger partial charge in [0.25, 0.3) is 0 Å². The smallest absolute Gasteiger partial charge is 0.334 e. The van der Waals surface area contributed by atoms with E-state index in [0.29, 0.717) is 11.1 Å². The first-order valence-electron chi connectivity index (χ1n) is 7.66. The molecule has 0 aliphatic carbocycles. The van der Waals surface area contributed by atoms with Gasteiger partial charge in [0.15, 0.2) is 5.78 Å². The molecule has 0 bridgehead atoms. The van der Waals surface area contributed by atoms with Gasteiger partial charge in [-0.2, -0.15) is 0 Å². The van der Waals surface area contributed by atoms with Gasteiger partial charge < -0.3 is 9.64 Å². The van der Waals surface area contributed by atoms with Gasteiger partial charge in [0.1, 0.15) is 0 Å². The summed E-state index contributed by atoms with van der Waals surface area (Å²) in [6, 6.07) is 16.7. The number of esters is 1. The highest BCUT2D eigenvalue weighted by molar-refractivity contribution is 6.05. The molecule has 24 heavy (non-hydrogen) atoms. The maximum Gasteiger partial charge on any atom is 0.334 e. The Bertz CT molecular complexity index is 731. The summed E-state index contributed by atoms with van der Waals surface area (Å²) in [5, 5.41) is 0. The van der Waals surface area contributed by atoms with E-state index in [-0.39, 0.29) is 12.2 Å². The molecule has 124 valence electrons. The van der Waals surface area contributed by atoms with E-state index < -0.39 is 5.97 Å². The van der Waals surface area contributed by atoms with Crippen LogP contribution in [0.2, 0.25) is 0 Å². The Morgan fingerprint density at radius 2 is 1.62 bits per heavy atom. The molecule has 4 heteroatoms. The minimum absolute atomic E-state index is 0.00607. The van der Waals surface area contributed by atoms with Crippen molar-refractivity contribution in [2.45, 2.75) is 6.42 Å². The summed E-state index contributed by atoms with van der Waals surface area (Å²) in [5.41, 5.74) is 2.83. The summed E-state index contributed by atoms with van der Waals surface area (Å²) in [6.07, 6.45) is 1.71. The van der Waals surface area contributed by atoms with E-state index in [2.05, 4.69) is 0 Å². The standard InChI is InChI=1S/C20H21NO3/c1-21(2)18-11-9-15(10-12-18)13-17(20(23)24-3)14-19(22)16-7-5-4-6-8-16/h4-13H,14H2,1-3H3/b17-13+. The molecule has 0 aliphatic rings. The molecule has 0 fully saturated rings. The third-order valence-corrected chi connectivity index (χ3v) is 3.64. The number of carbonyl (C=O) groups excluding carboxylic acids is 2. The molecule has 2 aromatic rings. The number of anilines is 1. The zero-order valence-corrected chi connectivity index (χ0v) is 14.2. The highest BCUT2D eigenvalue weighted by Gasteiger charge is 2.16. The summed E-state index contributed by atoms with van der Waals surface area (Å²) >= 11 is 0. The third kappa shape index (κ3) is 4.56. The van der Waals surface area contributed by atoms with Crippen LogP contribution in [-0.4, -0.2) is 33.0 Å². The molecule has 0 saturated carbocycles. The molecule has 0 N–H and O–H groups in total. The minimum atomic E-state index is -0.490. The Labute approximate surface area is 142 Å². The van der Waals surface area contributed by atoms with E-state index in [4.69, 9.17) is 4.74 Å². The van der Waals surface area contributed by atoms with Crippen LogP contribution in [0.15, 0.2) is 60.2 Å². The van der Waals surface area contributed by atoms with Gasteiger partial charge in [0.2, 0.25) is 0 Å². The van der Waals surface area contributed by atoms with Crippen LogP contribution in [0.4, 0.5) is 5.69 Å². The Kier molecular flexibility index (Phi) is 5.90. The fourth-order valence-electron chi connectivity index (χ4n) is 2.28. The molecule has 0 unspecified atom stereocenters. The van der Waals surface area contributed by atoms with Gasteiger partial charge in [-0.1, -0.05) is 42.5 Å². The quantitative estimate of drug-likeness (QED) is 0.463. The van der Waals surface area contributed by atoms with Crippen LogP contribution >= 0.6 is 0 Å². The van der Waals surface area contributed by atoms with Crippen LogP contribution in [0.25, 0.3) is 6.08 Å². The number of rotatable bonds is 6. The lowest BCUT2D eigenvalue weighted by molar-refractivity contribution is -0.136. The summed E-state index contributed by atoms with van der Waals surface area (Å²) in [4.78, 5) is 26.4. The fourth-order valence-corrected chi connectivity index (χ4v) is 2.28. The second-order valence-corrected chi connectivity index (χ2v) is 5.61. The van der Waals surface area contributed by atoms with Gasteiger partial charge in [0.05, 0.1) is 7.11 Å². The van der Waals surface area contributed by atoms with Crippen molar-refractivity contribution in [3.05, 3.63) is 71.3 Å². The van der Waals surface area contributed by atoms with E-state index in [1.807, 2.05) is 49.3 Å². The van der Waals surface area contributed by atoms with Crippen LogP contribution in [-0.2, 0) is 9.53 Å². The highest BCUT2D eigenvalue weighted by atomic mass is 16.5. The van der Waals surface area contributed by atoms with Gasteiger partial charge in [0, 0.05) is 37.3 Å². The van der Waals surface area contributed by atoms with Gasteiger partial charge in [-0.3, -0.25) is 4.79 Å². The van der Waals surface area contributed by atoms with Gasteiger partial charge in [-0.25, -0.2) is 4.79 Å². The van der Waals surface area contributed by atoms with Gasteiger partial charge >= 0.3 is 5.97 Å². The van der Waals surface area contributed by atoms with Crippen molar-refractivity contribution in [3.8, 4) is 0 Å². The molecule has 0 aliphatic heterocycles. The first kappa shape index (κ1) is 17.5. The van der Waals surface area contributed by atoms with Crippen LogP contribution in [0.5, 0.6) is 0 Å². The van der Waals surface area contributed by atoms with Crippen LogP contribution in [0, 0.1) is 0 Å². The summed E-state index contributed by atoms with van der Waals surface area (Å²) < 4.78 is 4.82. The molecular formula is C20H21NO3. The van der Waals surface area contributed by atoms with E-state index in [1.165, 1.54) is 7.11 Å². The van der Waals surface area contributed by atoms with Crippen LogP contribution in [0.3, 0.4) is 0 Å². The molecule has 0 spiro atoms. The lowest BCUT2D eigenvalue weighted by atomic mass is 10.0. The van der Waals surface area contributed by atoms with E-state index in [9.17, 15) is 9.59 Å². The average Bonchev–Trinajstić information content (AvgIpc) is 2.61. The van der Waals surface area contributed by atoms with Crippen molar-refractivity contribution in [1.82, 2.24) is 0 Å². The summed E-state index contributed by atoms with van der Waals surface area (Å²) in [5.74, 6) is -0.604. The molecular weight excluding hydrogens is 302 g/mol. The van der Waals surface area contributed by atoms with E-state index in [1.54, 1.807) is 30.3 Å². The monoisotopic (exact) mass is 323 g/mol. The maximum absolute atomic E-state index is 12.4. The number of carbonyl (C=O) groups is 2. The largest absolute Gasteiger partial charge is 0.466 e. The predicted octanol–water partition coefficient (Wildman–Crippen LogP) is 3.58. The average molecular weight is 323 g/mol. The molecule has 4 nitrogen and oxygen atoms in total. The highest BCUT2D eigenvalue weighted by Crippen LogP contribution is 2.18. The molecule has 0 atom stereocenters. The van der Waals surface area contributed by atoms with Gasteiger partial charge in [-0.05, 0) is 23.8 Å². The number of hydrogen-bond donors (Lipinski definition) is 0. The van der Waals surface area contributed by atoms with Gasteiger partial charge in [-0.15, -0.1) is 0 Å². The molecule has 0 saturated heterocycles. The lowest BCUT2D eigenvalue weighted by Gasteiger charge is -2.12. The second-order valence-electron chi connectivity index (χ2n) is 5.61. The molecule has 2 rings (SSSR count). The molecule has 0 radical (unpaired) electrons. The Morgan fingerprint density at radius 3 is 2.17 bits per heavy atom. The van der Waals surface area contributed by atoms with Crippen molar-refractivity contribution < 1.29 is 14.3 Å². The molecule has 2 aromatic carbocycles. The zero-order chi connectivity index (χ0) is 17.5. The molecule has 0 aromatic heterocycles. The normalized spacial score (nSPS) is 11.0. The summed E-state index contributed by atoms with van der Waals surface area (Å²) in [7, 11) is 5.24. The van der Waals surface area contributed by atoms with Crippen molar-refractivity contribution >= 4 is 23.5 Å². The van der Waals surface area contributed by atoms with Crippen molar-refractivity contribution in [2.24, 2.45) is 0 Å². The fraction of sp³-hybridized carbons (Fsp3) is 0.200. The number of Topliss-reactive ketones (excluding diaryl/α,β-unsaturated/α-hetero) is 1. The minimum Gasteiger partial charge on any atom is -0.466 e. The number of ketones is 1. The molecule has 0 amide bonds. The number of nitrogens with zero attached hydrogens (tertiary/aromatic N) is 1. The summed E-state index contributed by atoms with van der Waals surface area (Å²) in [6.45, 7) is 0. The van der Waals surface area contributed by atoms with E-state index >= 15 is 0 Å². The predicted molar refractivity (Wildman–Crippen MR) is 96.2 cm³/mol. The number of benzene rings is 2. The second kappa shape index (κ2) is 8.11. The third-order valence-electron chi connectivity index (χ3n) is 3.64. The zero-order valence-electron chi connectivity index (χ0n) is 14.2. The Balaban J connectivity index is 2.24. The van der Waals surface area contributed by atoms with E-state index in [0.717, 1.165) is 11.3 Å². The molecule has 0 heterocycles. The number of hydrogen-bond acceptors (Lipinski definition) is 4. The topological polar surface area (TPSA) is 46.6 Å². The van der Waals surface area contributed by atoms with Crippen molar-refractivity contribution in [2.75, 3.05) is 26.1 Å². The maximum atomic E-state index is 12.4. The van der Waals surface area contributed by atoms with Crippen molar-refractivity contribution in [1.29, 1.82) is 0 Å². The first-order chi connectivity index (χ1) is 11.5. The Morgan fingerprint density at radius 1 is 1.00 bits per heavy atom.